The van der Waals surface area contributed by atoms with Gasteiger partial charge in [-0.1, -0.05) is 151 Å². The van der Waals surface area contributed by atoms with Crippen molar-refractivity contribution in [1.29, 1.82) is 0 Å². The predicted octanol–water partition coefficient (Wildman–Crippen LogP) is 14.7. The molecule has 0 bridgehead atoms. The minimum absolute atomic E-state index is 0.0960. The lowest BCUT2D eigenvalue weighted by Gasteiger charge is -2.24. The lowest BCUT2D eigenvalue weighted by atomic mass is 9.97. The van der Waals surface area contributed by atoms with Crippen molar-refractivity contribution in [3.63, 3.8) is 0 Å². The Morgan fingerprint density at radius 3 is 1.07 bits per heavy atom. The predicted molar refractivity (Wildman–Crippen MR) is 398 cm³/mol. The van der Waals surface area contributed by atoms with Gasteiger partial charge in [0.1, 0.15) is 27.8 Å². The van der Waals surface area contributed by atoms with E-state index in [0.717, 1.165) is 55.7 Å². The molecule has 518 valence electrons. The summed E-state index contributed by atoms with van der Waals surface area (Å²) in [5.74, 6) is 2.83. The lowest BCUT2D eigenvalue weighted by Crippen LogP contribution is -2.34. The normalized spacial score (nSPS) is 11.6. The molecule has 0 unspecified atom stereocenters. The van der Waals surface area contributed by atoms with E-state index in [2.05, 4.69) is 85.3 Å². The number of amides is 2. The largest absolute Gasteiger partial charge is 0.444 e. The highest BCUT2D eigenvalue weighted by Gasteiger charge is 2.24. The van der Waals surface area contributed by atoms with E-state index in [1.54, 1.807) is 86.3 Å². The Labute approximate surface area is 582 Å². The van der Waals surface area contributed by atoms with Gasteiger partial charge in [-0.25, -0.2) is 53.9 Å². The van der Waals surface area contributed by atoms with E-state index in [-0.39, 0.29) is 17.1 Å². The number of hydrogen-bond acceptors (Lipinski definition) is 14. The molecule has 100 heavy (non-hydrogen) atoms. The monoisotopic (exact) mass is 1350 g/mol. The van der Waals surface area contributed by atoms with Gasteiger partial charge in [0.15, 0.2) is 34.4 Å². The molecule has 0 aliphatic rings. The molecule has 12 rings (SSSR count). The average Bonchev–Trinajstić information content (AvgIpc) is 1.62. The molecule has 0 saturated heterocycles. The van der Waals surface area contributed by atoms with E-state index in [0.29, 0.717) is 94.2 Å². The summed E-state index contributed by atoms with van der Waals surface area (Å²) in [6, 6.07) is 47.2. The third-order valence-corrected chi connectivity index (χ3v) is 17.0. The minimum atomic E-state index is -0.573. The number of nitrogens with one attached hydrogen (secondary N) is 2. The summed E-state index contributed by atoms with van der Waals surface area (Å²) in [5, 5.41) is 5.83. The number of nitrogens with zero attached hydrogens (tertiary/aromatic N) is 13. The van der Waals surface area contributed by atoms with Crippen molar-refractivity contribution in [3.8, 4) is 34.2 Å². The highest BCUT2D eigenvalue weighted by molar-refractivity contribution is 5.87. The summed E-state index contributed by atoms with van der Waals surface area (Å²) in [6.45, 7) is 24.9. The summed E-state index contributed by atoms with van der Waals surface area (Å²) in [6.07, 6.45) is 4.23. The van der Waals surface area contributed by atoms with Gasteiger partial charge in [0.05, 0.1) is 38.2 Å². The quantitative estimate of drug-likeness (QED) is 0.0971. The maximum Gasteiger partial charge on any atom is 0.414 e. The number of benzene rings is 6. The second-order valence-electron chi connectivity index (χ2n) is 27.7. The van der Waals surface area contributed by atoms with Crippen molar-refractivity contribution < 1.29 is 19.1 Å². The van der Waals surface area contributed by atoms with E-state index in [1.165, 1.54) is 10.5 Å². The molecule has 0 atom stereocenters. The highest BCUT2D eigenvalue weighted by Crippen LogP contribution is 2.32. The molecule has 6 heterocycles. The van der Waals surface area contributed by atoms with Gasteiger partial charge in [0.2, 0.25) is 0 Å². The lowest BCUT2D eigenvalue weighted by molar-refractivity contribution is 0.0587. The van der Waals surface area contributed by atoms with Crippen LogP contribution < -0.4 is 32.6 Å². The number of hydrogen-bond donors (Lipinski definition) is 2. The molecule has 2 amide bonds. The van der Waals surface area contributed by atoms with E-state index in [9.17, 15) is 24.0 Å². The second kappa shape index (κ2) is 29.8. The van der Waals surface area contributed by atoms with E-state index < -0.39 is 23.4 Å². The van der Waals surface area contributed by atoms with Crippen molar-refractivity contribution in [3.05, 3.63) is 229 Å². The van der Waals surface area contributed by atoms with Gasteiger partial charge in [0, 0.05) is 69.0 Å². The second-order valence-corrected chi connectivity index (χ2v) is 27.7. The molecule has 0 spiro atoms. The fraction of sp³-hybridized carbons (Fsp3) is 0.321. The van der Waals surface area contributed by atoms with Crippen LogP contribution in [0.1, 0.15) is 134 Å². The van der Waals surface area contributed by atoms with Gasteiger partial charge in [-0.3, -0.25) is 37.6 Å². The fourth-order valence-electron chi connectivity index (χ4n) is 11.7. The zero-order valence-electron chi connectivity index (χ0n) is 60.1. The Kier molecular flexibility index (Phi) is 21.3. The molecule has 0 radical (unpaired) electrons. The molecule has 0 aliphatic heterocycles. The molecule has 0 aliphatic carbocycles. The van der Waals surface area contributed by atoms with E-state index in [4.69, 9.17) is 24.4 Å². The number of imidazole rings is 3. The maximum absolute atomic E-state index is 13.1. The van der Waals surface area contributed by atoms with Crippen LogP contribution in [0, 0.1) is 0 Å². The van der Waals surface area contributed by atoms with Gasteiger partial charge < -0.3 is 14.8 Å². The zero-order valence-corrected chi connectivity index (χ0v) is 60.1. The molecule has 0 fully saturated rings. The van der Waals surface area contributed by atoms with E-state index >= 15 is 0 Å². The summed E-state index contributed by atoms with van der Waals surface area (Å²) in [4.78, 5) is 93.1. The van der Waals surface area contributed by atoms with Crippen molar-refractivity contribution >= 4 is 62.7 Å². The molecule has 2 N–H and O–H groups in total. The number of aromatic nitrogens is 12. The van der Waals surface area contributed by atoms with Gasteiger partial charge in [-0.05, 0) is 129 Å². The number of rotatable bonds is 15. The number of anilines is 3. The van der Waals surface area contributed by atoms with Crippen LogP contribution in [0.3, 0.4) is 0 Å². The number of ether oxygens (including phenoxy) is 2. The Morgan fingerprint density at radius 1 is 0.450 bits per heavy atom. The van der Waals surface area contributed by atoms with E-state index in [1.807, 2.05) is 164 Å². The van der Waals surface area contributed by atoms with Crippen LogP contribution in [0.5, 0.6) is 0 Å². The maximum atomic E-state index is 13.1. The van der Waals surface area contributed by atoms with Gasteiger partial charge in [0.25, 0.3) is 0 Å². The average molecular weight is 1350 g/mol. The summed E-state index contributed by atoms with van der Waals surface area (Å²) < 4.78 is 20.5. The number of aryl methyl sites for hydroxylation is 3. The van der Waals surface area contributed by atoms with Crippen LogP contribution in [0.25, 0.3) is 67.7 Å². The van der Waals surface area contributed by atoms with Crippen LogP contribution in [-0.2, 0) is 50.3 Å². The smallest absolute Gasteiger partial charge is 0.414 e. The van der Waals surface area contributed by atoms with Crippen LogP contribution in [-0.4, -0.2) is 94.8 Å². The van der Waals surface area contributed by atoms with Gasteiger partial charge in [-0.2, -0.15) is 0 Å². The molecule has 0 saturated carbocycles. The molecule has 6 aromatic carbocycles. The fourth-order valence-corrected chi connectivity index (χ4v) is 11.7. The highest BCUT2D eigenvalue weighted by atomic mass is 16.6. The first-order valence-corrected chi connectivity index (χ1v) is 33.4. The van der Waals surface area contributed by atoms with Crippen LogP contribution in [0.2, 0.25) is 0 Å². The SMILES string of the molecule is CC(C)c1ccccc1-c1ncc2c(n1)n(Cc1ccc(N(C)C(=O)OC(C)(C)C)cc1)c(=O)n2C.CC(C)c1ccccc1-c1ncc2c(n1)n(Cc1ccc(NC(=O)OC(C)(C)C)cc1)c(=O)n2C.CNc1ccc(Cn2c(=O)n(C)c3cnc(-c4ccccc4C(C)C)nc32)cc1. The van der Waals surface area contributed by atoms with Crippen molar-refractivity contribution in [2.45, 2.75) is 132 Å². The third-order valence-electron chi connectivity index (χ3n) is 17.0. The molecule has 6 aromatic heterocycles. The van der Waals surface area contributed by atoms with Crippen molar-refractivity contribution in [2.75, 3.05) is 29.6 Å². The molecule has 12 aromatic rings. The Hall–Kier alpha value is -11.3. The summed E-state index contributed by atoms with van der Waals surface area (Å²) >= 11 is 0. The van der Waals surface area contributed by atoms with Crippen LogP contribution in [0.4, 0.5) is 26.7 Å². The van der Waals surface area contributed by atoms with Gasteiger partial charge in [-0.15, -0.1) is 0 Å². The molecular weight excluding hydrogens is 1260 g/mol. The topological polar surface area (TPSA) is 238 Å². The first kappa shape index (κ1) is 71.5. The number of carbonyl (C=O) groups is 2. The number of fused-ring (bicyclic) bond motifs is 3. The van der Waals surface area contributed by atoms with Crippen LogP contribution >= 0.6 is 0 Å². The minimum Gasteiger partial charge on any atom is -0.444 e. The molecular formula is C78H89N15O7. The Bertz CT molecular complexity index is 5120. The van der Waals surface area contributed by atoms with Crippen molar-refractivity contribution in [1.82, 2.24) is 57.3 Å². The molecule has 22 heteroatoms. The van der Waals surface area contributed by atoms with Crippen molar-refractivity contribution in [2.24, 2.45) is 21.1 Å². The zero-order chi connectivity index (χ0) is 72.1. The summed E-state index contributed by atoms with van der Waals surface area (Å²) in [7, 11) is 8.77. The van der Waals surface area contributed by atoms with Gasteiger partial charge >= 0.3 is 29.3 Å². The number of carbonyl (C=O) groups excluding carboxylic acids is 2. The summed E-state index contributed by atoms with van der Waals surface area (Å²) in [5.41, 5.74) is 14.0. The first-order valence-electron chi connectivity index (χ1n) is 33.4. The standard InChI is InChI=1S/C28H33N5O3.C27H31N5O3.C23H25N5O/c1-18(2)21-10-8-9-11-22(21)24-29-16-23-25(30-24)33(26(34)32(23)7)17-19-12-14-20(15-13-19)31(6)27(35)36-28(3,4)5;1-17(2)20-9-7-8-10-21(20)23-28-15-22-24(30-23)32(26(34)31(22)6)16-18-11-13-19(14-12-18)29-25(33)35-27(3,4)5;1-15(2)18-7-5-6-8-19(18)21-25-13-20-22(26-21)28(23(29)27(20)4)14-16-9-11-17(24-3)12-10-16/h8-16,18H,17H2,1-7H3;7-15,17H,16H2,1-6H3,(H,29,33);5-13,15,24H,14H2,1-4H3. The molecule has 22 nitrogen and oxygen atoms in total. The first-order chi connectivity index (χ1) is 47.5. The Balaban J connectivity index is 0.000000163. The van der Waals surface area contributed by atoms with Crippen LogP contribution in [0.15, 0.2) is 179 Å². The Morgan fingerprint density at radius 2 is 0.760 bits per heavy atom. The third kappa shape index (κ3) is 16.1.